The average Bonchev–Trinajstić information content (AvgIpc) is 2.73. The number of nitrogens with one attached hydrogen (secondary N) is 2. The van der Waals surface area contributed by atoms with Crippen molar-refractivity contribution in [2.75, 3.05) is 5.32 Å². The number of hydrogen-bond acceptors (Lipinski definition) is 5. The van der Waals surface area contributed by atoms with Gasteiger partial charge >= 0.3 is 5.97 Å². The summed E-state index contributed by atoms with van der Waals surface area (Å²) < 4.78 is 5.33. The van der Waals surface area contributed by atoms with E-state index in [0.717, 1.165) is 12.5 Å². The van der Waals surface area contributed by atoms with Crippen molar-refractivity contribution < 1.29 is 19.1 Å². The number of Topliss-reactive ketones (excluding diaryl/α,β-unsaturated/α-hetero) is 1. The Bertz CT molecular complexity index is 1150. The maximum Gasteiger partial charge on any atom is 0.339 e. The predicted octanol–water partition coefficient (Wildman–Crippen LogP) is 3.69. The fourth-order valence-corrected chi connectivity index (χ4v) is 3.05. The Morgan fingerprint density at radius 3 is 2.47 bits per heavy atom. The molecule has 0 aliphatic heterocycles. The molecule has 0 spiro atoms. The number of pyridine rings is 1. The van der Waals surface area contributed by atoms with Gasteiger partial charge in [-0.1, -0.05) is 25.1 Å². The van der Waals surface area contributed by atoms with Crippen LogP contribution in [-0.2, 0) is 9.53 Å². The summed E-state index contributed by atoms with van der Waals surface area (Å²) in [7, 11) is 0. The van der Waals surface area contributed by atoms with Gasteiger partial charge in [0.25, 0.3) is 0 Å². The minimum absolute atomic E-state index is 0.0936. The summed E-state index contributed by atoms with van der Waals surface area (Å²) in [6.07, 6.45) is 0.120. The lowest BCUT2D eigenvalue weighted by Crippen LogP contribution is -2.25. The molecule has 154 valence electrons. The lowest BCUT2D eigenvalue weighted by atomic mass is 10.1. The first kappa shape index (κ1) is 21.0. The molecule has 0 unspecified atom stereocenters. The Balaban J connectivity index is 1.72. The van der Waals surface area contributed by atoms with Gasteiger partial charge in [0.05, 0.1) is 5.56 Å². The molecule has 2 N–H and O–H groups in total. The van der Waals surface area contributed by atoms with Gasteiger partial charge in [-0.15, -0.1) is 0 Å². The molecule has 1 atom stereocenters. The van der Waals surface area contributed by atoms with Crippen LogP contribution >= 0.6 is 0 Å². The Kier molecular flexibility index (Phi) is 6.41. The Morgan fingerprint density at radius 1 is 1.07 bits per heavy atom. The number of aromatic nitrogens is 1. The molecule has 7 nitrogen and oxygen atoms in total. The number of fused-ring (bicyclic) bond motifs is 1. The molecule has 0 aliphatic rings. The van der Waals surface area contributed by atoms with Crippen molar-refractivity contribution in [1.29, 1.82) is 0 Å². The third-order valence-electron chi connectivity index (χ3n) is 4.55. The topological polar surface area (TPSA) is 105 Å². The molecule has 0 radical (unpaired) electrons. The summed E-state index contributed by atoms with van der Waals surface area (Å²) >= 11 is 0. The molecule has 0 bridgehead atoms. The van der Waals surface area contributed by atoms with E-state index >= 15 is 0 Å². The highest BCUT2D eigenvalue weighted by molar-refractivity contribution is 6.06. The van der Waals surface area contributed by atoms with E-state index in [4.69, 9.17) is 4.74 Å². The number of hydrogen-bond donors (Lipinski definition) is 2. The fraction of sp³-hybridized carbons (Fsp3) is 0.217. The van der Waals surface area contributed by atoms with E-state index in [2.05, 4.69) is 10.3 Å². The highest BCUT2D eigenvalue weighted by Gasteiger charge is 2.22. The molecule has 7 heteroatoms. The number of amides is 1. The summed E-state index contributed by atoms with van der Waals surface area (Å²) in [5.41, 5.74) is 1.11. The van der Waals surface area contributed by atoms with Crippen LogP contribution in [0.2, 0.25) is 0 Å². The number of carbonyl (C=O) groups excluding carboxylic acids is 3. The van der Waals surface area contributed by atoms with Crippen molar-refractivity contribution >= 4 is 34.3 Å². The van der Waals surface area contributed by atoms with Gasteiger partial charge in [0.2, 0.25) is 17.2 Å². The second-order valence-electron chi connectivity index (χ2n) is 6.88. The quantitative estimate of drug-likeness (QED) is 0.460. The van der Waals surface area contributed by atoms with E-state index in [-0.39, 0.29) is 17.3 Å². The van der Waals surface area contributed by atoms with Crippen LogP contribution in [0.15, 0.2) is 59.4 Å². The van der Waals surface area contributed by atoms with Crippen LogP contribution in [-0.4, -0.2) is 28.7 Å². The minimum Gasteiger partial charge on any atom is -0.451 e. The van der Waals surface area contributed by atoms with E-state index in [0.29, 0.717) is 28.6 Å². The number of ketones is 1. The SMILES string of the molecule is CCCC(=O)Nc1ccc(C(=O)[C@@H](C)OC(=O)c2cc(=O)[nH]c3ccccc23)cc1. The number of benzene rings is 2. The number of H-pyrrole nitrogens is 1. The zero-order valence-corrected chi connectivity index (χ0v) is 16.7. The minimum atomic E-state index is -1.05. The lowest BCUT2D eigenvalue weighted by molar-refractivity contribution is -0.116. The Morgan fingerprint density at radius 2 is 1.77 bits per heavy atom. The first-order valence-corrected chi connectivity index (χ1v) is 9.66. The Hall–Kier alpha value is -3.74. The zero-order chi connectivity index (χ0) is 21.7. The summed E-state index contributed by atoms with van der Waals surface area (Å²) in [5.74, 6) is -1.23. The molecule has 30 heavy (non-hydrogen) atoms. The van der Waals surface area contributed by atoms with Gasteiger partial charge in [0, 0.05) is 34.6 Å². The molecule has 3 rings (SSSR count). The van der Waals surface area contributed by atoms with Crippen LogP contribution in [0.1, 0.15) is 47.4 Å². The molecular weight excluding hydrogens is 384 g/mol. The maximum atomic E-state index is 12.6. The molecule has 0 fully saturated rings. The van der Waals surface area contributed by atoms with Crippen molar-refractivity contribution in [3.63, 3.8) is 0 Å². The molecule has 1 aromatic heterocycles. The van der Waals surface area contributed by atoms with E-state index < -0.39 is 17.6 Å². The van der Waals surface area contributed by atoms with Gasteiger partial charge in [-0.2, -0.15) is 0 Å². The molecular formula is C23H22N2O5. The molecule has 1 amide bonds. The molecule has 1 heterocycles. The second kappa shape index (κ2) is 9.17. The smallest absolute Gasteiger partial charge is 0.339 e. The van der Waals surface area contributed by atoms with Crippen LogP contribution in [0.4, 0.5) is 5.69 Å². The van der Waals surface area contributed by atoms with Crippen LogP contribution < -0.4 is 10.9 Å². The highest BCUT2D eigenvalue weighted by Crippen LogP contribution is 2.18. The largest absolute Gasteiger partial charge is 0.451 e. The number of para-hydroxylation sites is 1. The summed E-state index contributed by atoms with van der Waals surface area (Å²) in [5, 5.41) is 3.28. The fourth-order valence-electron chi connectivity index (χ4n) is 3.05. The second-order valence-corrected chi connectivity index (χ2v) is 6.88. The predicted molar refractivity (Wildman–Crippen MR) is 114 cm³/mol. The van der Waals surface area contributed by atoms with E-state index in [1.165, 1.54) is 6.92 Å². The molecule has 0 saturated heterocycles. The lowest BCUT2D eigenvalue weighted by Gasteiger charge is -2.14. The highest BCUT2D eigenvalue weighted by atomic mass is 16.5. The van der Waals surface area contributed by atoms with Crippen LogP contribution in [0.5, 0.6) is 0 Å². The van der Waals surface area contributed by atoms with Gasteiger partial charge in [0.15, 0.2) is 6.10 Å². The van der Waals surface area contributed by atoms with Crippen molar-refractivity contribution in [2.45, 2.75) is 32.8 Å². The van der Waals surface area contributed by atoms with Gasteiger partial charge in [-0.3, -0.25) is 14.4 Å². The number of carbonyl (C=O) groups is 3. The van der Waals surface area contributed by atoms with Crippen molar-refractivity contribution in [1.82, 2.24) is 4.98 Å². The zero-order valence-electron chi connectivity index (χ0n) is 16.7. The number of ether oxygens (including phenoxy) is 1. The van der Waals surface area contributed by atoms with E-state index in [9.17, 15) is 19.2 Å². The third-order valence-corrected chi connectivity index (χ3v) is 4.55. The molecule has 3 aromatic rings. The van der Waals surface area contributed by atoms with Gasteiger partial charge in [-0.05, 0) is 43.7 Å². The normalized spacial score (nSPS) is 11.7. The first-order chi connectivity index (χ1) is 14.4. The first-order valence-electron chi connectivity index (χ1n) is 9.66. The van der Waals surface area contributed by atoms with Crippen molar-refractivity contribution in [2.24, 2.45) is 0 Å². The monoisotopic (exact) mass is 406 g/mol. The van der Waals surface area contributed by atoms with Crippen LogP contribution in [0.25, 0.3) is 10.9 Å². The van der Waals surface area contributed by atoms with Crippen molar-refractivity contribution in [3.8, 4) is 0 Å². The Labute approximate surface area is 173 Å². The summed E-state index contributed by atoms with van der Waals surface area (Å²) in [6.45, 7) is 3.39. The summed E-state index contributed by atoms with van der Waals surface area (Å²) in [6, 6.07) is 14.4. The molecule has 0 aliphatic carbocycles. The number of esters is 1. The standard InChI is InChI=1S/C23H22N2O5/c1-3-6-20(26)24-16-11-9-15(10-12-16)22(28)14(2)30-23(29)18-13-21(27)25-19-8-5-4-7-17(18)19/h4-5,7-14H,3,6H2,1-2H3,(H,24,26)(H,25,27)/t14-/m1/s1. The van der Waals surface area contributed by atoms with E-state index in [1.54, 1.807) is 48.5 Å². The van der Waals surface area contributed by atoms with Crippen LogP contribution in [0.3, 0.4) is 0 Å². The van der Waals surface area contributed by atoms with Gasteiger partial charge in [-0.25, -0.2) is 4.79 Å². The molecule has 0 saturated carbocycles. The maximum absolute atomic E-state index is 12.6. The van der Waals surface area contributed by atoms with Gasteiger partial charge in [0.1, 0.15) is 0 Å². The summed E-state index contributed by atoms with van der Waals surface area (Å²) in [4.78, 5) is 51.4. The average molecular weight is 406 g/mol. The number of aromatic amines is 1. The van der Waals surface area contributed by atoms with Crippen molar-refractivity contribution in [3.05, 3.63) is 76.1 Å². The van der Waals surface area contributed by atoms with Gasteiger partial charge < -0.3 is 15.0 Å². The van der Waals surface area contributed by atoms with Crippen LogP contribution in [0, 0.1) is 0 Å². The third kappa shape index (κ3) is 4.81. The number of anilines is 1. The number of rotatable bonds is 7. The van der Waals surface area contributed by atoms with E-state index in [1.807, 2.05) is 6.92 Å². The molecule has 2 aromatic carbocycles.